The van der Waals surface area contributed by atoms with Crippen LogP contribution in [-0.4, -0.2) is 30.0 Å². The van der Waals surface area contributed by atoms with E-state index in [-0.39, 0.29) is 9.79 Å². The quantitative estimate of drug-likeness (QED) is 0.435. The molecule has 0 aliphatic heterocycles. The molecule has 1 N–H and O–H groups in total. The van der Waals surface area contributed by atoms with Crippen LogP contribution >= 0.6 is 0 Å². The number of sulfone groups is 1. The number of hydrogen-bond acceptors (Lipinski definition) is 7. The van der Waals surface area contributed by atoms with Crippen molar-refractivity contribution in [2.24, 2.45) is 0 Å². The third-order valence-corrected chi connectivity index (χ3v) is 6.43. The van der Waals surface area contributed by atoms with Gasteiger partial charge in [0.1, 0.15) is 5.82 Å². The van der Waals surface area contributed by atoms with E-state index in [0.29, 0.717) is 35.1 Å². The van der Waals surface area contributed by atoms with Gasteiger partial charge in [-0.25, -0.2) is 18.4 Å². The minimum Gasteiger partial charge on any atom is -0.490 e. The van der Waals surface area contributed by atoms with Crippen molar-refractivity contribution in [3.05, 3.63) is 84.9 Å². The molecule has 3 heterocycles. The van der Waals surface area contributed by atoms with E-state index < -0.39 is 9.84 Å². The second-order valence-electron chi connectivity index (χ2n) is 7.02. The number of benzene rings is 1. The van der Waals surface area contributed by atoms with Gasteiger partial charge in [-0.3, -0.25) is 4.98 Å². The Morgan fingerprint density at radius 3 is 2.44 bits per heavy atom. The monoisotopic (exact) mass is 446 g/mol. The standard InChI is InChI=1S/C24H22N4O3S/c1-3-31-22-13-19(15-26-24(22)28-23-11-7-8-17(2)27-23)18-12-21(16-25-14-18)32(29,30)20-9-5-4-6-10-20/h4-16H,3H2,1-2H3,(H,26,27,28). The molecule has 3 aromatic heterocycles. The van der Waals surface area contributed by atoms with Crippen LogP contribution < -0.4 is 10.1 Å². The van der Waals surface area contributed by atoms with Gasteiger partial charge in [-0.05, 0) is 50.2 Å². The molecule has 0 saturated heterocycles. The lowest BCUT2D eigenvalue weighted by atomic mass is 10.1. The van der Waals surface area contributed by atoms with Crippen molar-refractivity contribution < 1.29 is 13.2 Å². The van der Waals surface area contributed by atoms with Crippen LogP contribution in [0.25, 0.3) is 11.1 Å². The Hall–Kier alpha value is -3.78. The summed E-state index contributed by atoms with van der Waals surface area (Å²) < 4.78 is 31.7. The SMILES string of the molecule is CCOc1cc(-c2cncc(S(=O)(=O)c3ccccc3)c2)cnc1Nc1cccc(C)n1. The van der Waals surface area contributed by atoms with Crippen LogP contribution in [0.5, 0.6) is 5.75 Å². The minimum atomic E-state index is -3.68. The van der Waals surface area contributed by atoms with Crippen molar-refractivity contribution in [2.45, 2.75) is 23.6 Å². The largest absolute Gasteiger partial charge is 0.490 e. The van der Waals surface area contributed by atoms with Crippen LogP contribution in [0.4, 0.5) is 11.6 Å². The summed E-state index contributed by atoms with van der Waals surface area (Å²) in [6.07, 6.45) is 4.60. The Morgan fingerprint density at radius 1 is 0.906 bits per heavy atom. The molecule has 8 heteroatoms. The van der Waals surface area contributed by atoms with Crippen LogP contribution in [0, 0.1) is 6.92 Å². The minimum absolute atomic E-state index is 0.116. The number of nitrogens with zero attached hydrogens (tertiary/aromatic N) is 3. The zero-order valence-corrected chi connectivity index (χ0v) is 18.5. The molecule has 0 amide bonds. The van der Waals surface area contributed by atoms with Crippen molar-refractivity contribution in [3.8, 4) is 16.9 Å². The van der Waals surface area contributed by atoms with Gasteiger partial charge < -0.3 is 10.1 Å². The fourth-order valence-corrected chi connectivity index (χ4v) is 4.42. The summed E-state index contributed by atoms with van der Waals surface area (Å²) in [7, 11) is -3.68. The molecule has 1 aromatic carbocycles. The number of anilines is 2. The molecule has 0 bridgehead atoms. The van der Waals surface area contributed by atoms with Gasteiger partial charge in [-0.15, -0.1) is 0 Å². The highest BCUT2D eigenvalue weighted by Gasteiger charge is 2.19. The van der Waals surface area contributed by atoms with Crippen molar-refractivity contribution in [2.75, 3.05) is 11.9 Å². The van der Waals surface area contributed by atoms with E-state index in [2.05, 4.69) is 20.3 Å². The van der Waals surface area contributed by atoms with Crippen LogP contribution in [0.15, 0.2) is 89.0 Å². The molecule has 0 radical (unpaired) electrons. The van der Waals surface area contributed by atoms with Gasteiger partial charge in [-0.1, -0.05) is 24.3 Å². The van der Waals surface area contributed by atoms with Gasteiger partial charge in [-0.2, -0.15) is 0 Å². The molecule has 4 rings (SSSR count). The summed E-state index contributed by atoms with van der Waals surface area (Å²) in [6, 6.07) is 17.4. The molecule has 0 aliphatic rings. The molecule has 0 atom stereocenters. The van der Waals surface area contributed by atoms with Gasteiger partial charge in [0, 0.05) is 35.4 Å². The maximum absolute atomic E-state index is 13.0. The summed E-state index contributed by atoms with van der Waals surface area (Å²) in [5.41, 5.74) is 2.19. The molecule has 0 aliphatic carbocycles. The smallest absolute Gasteiger partial charge is 0.208 e. The lowest BCUT2D eigenvalue weighted by molar-refractivity contribution is 0.341. The number of rotatable bonds is 7. The number of aromatic nitrogens is 3. The van der Waals surface area contributed by atoms with Crippen molar-refractivity contribution in [1.82, 2.24) is 15.0 Å². The molecule has 32 heavy (non-hydrogen) atoms. The lowest BCUT2D eigenvalue weighted by Crippen LogP contribution is -2.03. The van der Waals surface area contributed by atoms with Crippen LogP contribution in [0.3, 0.4) is 0 Å². The van der Waals surface area contributed by atoms with Gasteiger partial charge in [0.25, 0.3) is 0 Å². The zero-order valence-electron chi connectivity index (χ0n) is 17.7. The number of nitrogens with one attached hydrogen (secondary N) is 1. The van der Waals surface area contributed by atoms with Gasteiger partial charge >= 0.3 is 0 Å². The van der Waals surface area contributed by atoms with Crippen LogP contribution in [-0.2, 0) is 9.84 Å². The van der Waals surface area contributed by atoms with Crippen LogP contribution in [0.2, 0.25) is 0 Å². The highest BCUT2D eigenvalue weighted by molar-refractivity contribution is 7.91. The number of hydrogen-bond donors (Lipinski definition) is 1. The molecule has 0 saturated carbocycles. The second-order valence-corrected chi connectivity index (χ2v) is 8.97. The number of ether oxygens (including phenoxy) is 1. The van der Waals surface area contributed by atoms with E-state index in [9.17, 15) is 8.42 Å². The van der Waals surface area contributed by atoms with Gasteiger partial charge in [0.15, 0.2) is 11.6 Å². The molecule has 162 valence electrons. The molecule has 0 unspecified atom stereocenters. The maximum Gasteiger partial charge on any atom is 0.208 e. The zero-order chi connectivity index (χ0) is 22.6. The fourth-order valence-electron chi connectivity index (χ4n) is 3.16. The molecule has 7 nitrogen and oxygen atoms in total. The van der Waals surface area contributed by atoms with E-state index in [1.165, 1.54) is 6.20 Å². The Labute approximate surface area is 187 Å². The highest BCUT2D eigenvalue weighted by atomic mass is 32.2. The number of pyridine rings is 3. The Balaban J connectivity index is 1.70. The molecular formula is C24H22N4O3S. The van der Waals surface area contributed by atoms with Crippen molar-refractivity contribution >= 4 is 21.5 Å². The average Bonchev–Trinajstić information content (AvgIpc) is 2.81. The maximum atomic E-state index is 13.0. The van der Waals surface area contributed by atoms with E-state index in [1.54, 1.807) is 48.8 Å². The summed E-state index contributed by atoms with van der Waals surface area (Å²) >= 11 is 0. The third kappa shape index (κ3) is 4.60. The topological polar surface area (TPSA) is 94.1 Å². The first kappa shape index (κ1) is 21.5. The Morgan fingerprint density at radius 2 is 1.69 bits per heavy atom. The average molecular weight is 447 g/mol. The Kier molecular flexibility index (Phi) is 6.13. The van der Waals surface area contributed by atoms with Crippen molar-refractivity contribution in [1.29, 1.82) is 0 Å². The molecule has 0 spiro atoms. The molecule has 0 fully saturated rings. The van der Waals surface area contributed by atoms with Gasteiger partial charge in [0.05, 0.1) is 16.4 Å². The summed E-state index contributed by atoms with van der Waals surface area (Å²) in [4.78, 5) is 13.4. The van der Waals surface area contributed by atoms with E-state index in [1.807, 2.05) is 38.1 Å². The fraction of sp³-hybridized carbons (Fsp3) is 0.125. The first-order chi connectivity index (χ1) is 15.5. The first-order valence-electron chi connectivity index (χ1n) is 10.1. The predicted octanol–water partition coefficient (Wildman–Crippen LogP) is 4.82. The number of aryl methyl sites for hydroxylation is 1. The molecular weight excluding hydrogens is 424 g/mol. The van der Waals surface area contributed by atoms with E-state index in [0.717, 1.165) is 5.69 Å². The summed E-state index contributed by atoms with van der Waals surface area (Å²) in [5, 5.41) is 3.18. The normalized spacial score (nSPS) is 11.2. The summed E-state index contributed by atoms with van der Waals surface area (Å²) in [5.74, 6) is 1.71. The Bertz CT molecular complexity index is 1340. The summed E-state index contributed by atoms with van der Waals surface area (Å²) in [6.45, 7) is 4.24. The predicted molar refractivity (Wildman–Crippen MR) is 123 cm³/mol. The van der Waals surface area contributed by atoms with E-state index >= 15 is 0 Å². The van der Waals surface area contributed by atoms with Crippen LogP contribution in [0.1, 0.15) is 12.6 Å². The van der Waals surface area contributed by atoms with E-state index in [4.69, 9.17) is 4.74 Å². The second kappa shape index (κ2) is 9.15. The van der Waals surface area contributed by atoms with Crippen molar-refractivity contribution in [3.63, 3.8) is 0 Å². The highest BCUT2D eigenvalue weighted by Crippen LogP contribution is 2.31. The molecule has 4 aromatic rings. The van der Waals surface area contributed by atoms with Gasteiger partial charge in [0.2, 0.25) is 9.84 Å². The first-order valence-corrected chi connectivity index (χ1v) is 11.5. The third-order valence-electron chi connectivity index (χ3n) is 4.70. The lowest BCUT2D eigenvalue weighted by Gasteiger charge is -2.13.